The molecule has 0 aliphatic heterocycles. The summed E-state index contributed by atoms with van der Waals surface area (Å²) in [7, 11) is 0. The molecule has 4 aromatic rings. The van der Waals surface area contributed by atoms with Crippen LogP contribution in [0.1, 0.15) is 5.56 Å². The number of carbonyl (C=O) groups is 1. The fourth-order valence-electron chi connectivity index (χ4n) is 2.97. The maximum atomic E-state index is 12.8. The first-order chi connectivity index (χ1) is 13.9. The van der Waals surface area contributed by atoms with Crippen molar-refractivity contribution in [3.63, 3.8) is 0 Å². The van der Waals surface area contributed by atoms with Gasteiger partial charge in [0.2, 0.25) is 5.91 Å². The Balaban J connectivity index is 1.64. The average molecular weight is 428 g/mol. The van der Waals surface area contributed by atoms with E-state index in [0.29, 0.717) is 26.8 Å². The Morgan fingerprint density at radius 3 is 2.72 bits per heavy atom. The number of benzene rings is 2. The van der Waals surface area contributed by atoms with Crippen LogP contribution >= 0.6 is 23.2 Å². The van der Waals surface area contributed by atoms with Gasteiger partial charge in [0.25, 0.3) is 5.56 Å². The Hall–Kier alpha value is -3.16. The largest absolute Gasteiger partial charge is 0.324 e. The summed E-state index contributed by atoms with van der Waals surface area (Å²) in [4.78, 5) is 29.5. The summed E-state index contributed by atoms with van der Waals surface area (Å²) < 4.78 is 2.80. The van der Waals surface area contributed by atoms with E-state index in [1.54, 1.807) is 41.1 Å². The summed E-state index contributed by atoms with van der Waals surface area (Å²) in [6.07, 6.45) is 2.77. The highest BCUT2D eigenvalue weighted by Crippen LogP contribution is 2.21. The number of aromatic nitrogens is 4. The maximum Gasteiger partial charge on any atom is 0.264 e. The van der Waals surface area contributed by atoms with E-state index in [0.717, 1.165) is 11.3 Å². The standard InChI is InChI=1S/C20H15Cl2N5O2/c1-12-5-6-14(22)8-17(12)27-19-16(9-24-27)20(29)26(11-23-19)10-18(28)25-15-4-2-3-13(21)7-15/h2-9,11H,10H2,1H3,(H,25,28). The molecule has 2 heterocycles. The highest BCUT2D eigenvalue weighted by atomic mass is 35.5. The normalized spacial score (nSPS) is 11.0. The van der Waals surface area contributed by atoms with Crippen LogP contribution in [0.5, 0.6) is 0 Å². The van der Waals surface area contributed by atoms with E-state index in [1.165, 1.54) is 17.1 Å². The molecule has 1 N–H and O–H groups in total. The lowest BCUT2D eigenvalue weighted by molar-refractivity contribution is -0.116. The van der Waals surface area contributed by atoms with Gasteiger partial charge in [0.05, 0.1) is 11.9 Å². The van der Waals surface area contributed by atoms with Gasteiger partial charge >= 0.3 is 0 Å². The van der Waals surface area contributed by atoms with Gasteiger partial charge in [-0.3, -0.25) is 14.2 Å². The molecule has 1 amide bonds. The van der Waals surface area contributed by atoms with Gasteiger partial charge in [-0.05, 0) is 42.8 Å². The van der Waals surface area contributed by atoms with Gasteiger partial charge in [-0.1, -0.05) is 35.3 Å². The number of rotatable bonds is 4. The molecular formula is C20H15Cl2N5O2. The summed E-state index contributed by atoms with van der Waals surface area (Å²) in [5.74, 6) is -0.367. The molecule has 0 saturated heterocycles. The Kier molecular flexibility index (Phi) is 5.08. The number of fused-ring (bicyclic) bond motifs is 1. The van der Waals surface area contributed by atoms with E-state index in [2.05, 4.69) is 15.4 Å². The second-order valence-electron chi connectivity index (χ2n) is 6.46. The van der Waals surface area contributed by atoms with Crippen molar-refractivity contribution in [1.29, 1.82) is 0 Å². The number of hydrogen-bond donors (Lipinski definition) is 1. The fraction of sp³-hybridized carbons (Fsp3) is 0.100. The van der Waals surface area contributed by atoms with Crippen LogP contribution in [-0.2, 0) is 11.3 Å². The second-order valence-corrected chi connectivity index (χ2v) is 7.33. The minimum Gasteiger partial charge on any atom is -0.324 e. The van der Waals surface area contributed by atoms with Crippen molar-refractivity contribution in [3.8, 4) is 5.69 Å². The Morgan fingerprint density at radius 2 is 1.93 bits per heavy atom. The van der Waals surface area contributed by atoms with E-state index >= 15 is 0 Å². The SMILES string of the molecule is Cc1ccc(Cl)cc1-n1ncc2c(=O)n(CC(=O)Nc3cccc(Cl)c3)cnc21. The topological polar surface area (TPSA) is 81.8 Å². The highest BCUT2D eigenvalue weighted by Gasteiger charge is 2.14. The van der Waals surface area contributed by atoms with Crippen LogP contribution in [0.4, 0.5) is 5.69 Å². The molecule has 0 unspecified atom stereocenters. The third kappa shape index (κ3) is 3.87. The van der Waals surface area contributed by atoms with Crippen LogP contribution in [0.3, 0.4) is 0 Å². The molecule has 9 heteroatoms. The van der Waals surface area contributed by atoms with Crippen molar-refractivity contribution >= 4 is 45.8 Å². The zero-order chi connectivity index (χ0) is 20.5. The molecule has 0 aliphatic rings. The molecule has 0 radical (unpaired) electrons. The van der Waals surface area contributed by atoms with Gasteiger partial charge in [0.1, 0.15) is 18.3 Å². The lowest BCUT2D eigenvalue weighted by atomic mass is 10.2. The molecule has 0 fully saturated rings. The van der Waals surface area contributed by atoms with Crippen LogP contribution < -0.4 is 10.9 Å². The average Bonchev–Trinajstić information content (AvgIpc) is 3.10. The molecule has 0 aliphatic carbocycles. The molecule has 29 heavy (non-hydrogen) atoms. The van der Waals surface area contributed by atoms with Gasteiger partial charge in [0, 0.05) is 15.7 Å². The van der Waals surface area contributed by atoms with Gasteiger partial charge in [-0.2, -0.15) is 5.10 Å². The van der Waals surface area contributed by atoms with Crippen molar-refractivity contribution in [2.24, 2.45) is 0 Å². The summed E-state index contributed by atoms with van der Waals surface area (Å²) in [5.41, 5.74) is 2.25. The molecule has 2 aromatic carbocycles. The number of carbonyl (C=O) groups excluding carboxylic acids is 1. The predicted octanol–water partition coefficient (Wildman–Crippen LogP) is 3.84. The van der Waals surface area contributed by atoms with Crippen LogP contribution in [0.25, 0.3) is 16.7 Å². The van der Waals surface area contributed by atoms with Crippen LogP contribution in [0, 0.1) is 6.92 Å². The maximum absolute atomic E-state index is 12.8. The lowest BCUT2D eigenvalue weighted by Crippen LogP contribution is -2.27. The minimum atomic E-state index is -0.367. The number of anilines is 1. The molecular weight excluding hydrogens is 413 g/mol. The smallest absolute Gasteiger partial charge is 0.264 e. The fourth-order valence-corrected chi connectivity index (χ4v) is 3.33. The van der Waals surface area contributed by atoms with Gasteiger partial charge in [-0.25, -0.2) is 9.67 Å². The Labute approximate surface area is 175 Å². The van der Waals surface area contributed by atoms with Crippen LogP contribution in [0.2, 0.25) is 10.0 Å². The molecule has 0 bridgehead atoms. The zero-order valence-electron chi connectivity index (χ0n) is 15.3. The van der Waals surface area contributed by atoms with Gasteiger partial charge < -0.3 is 5.32 Å². The third-order valence-corrected chi connectivity index (χ3v) is 4.85. The van der Waals surface area contributed by atoms with E-state index in [4.69, 9.17) is 23.2 Å². The van der Waals surface area contributed by atoms with E-state index < -0.39 is 0 Å². The summed E-state index contributed by atoms with van der Waals surface area (Å²) in [6, 6.07) is 12.2. The molecule has 7 nitrogen and oxygen atoms in total. The highest BCUT2D eigenvalue weighted by molar-refractivity contribution is 6.31. The first-order valence-electron chi connectivity index (χ1n) is 8.67. The number of amides is 1. The van der Waals surface area contributed by atoms with E-state index in [9.17, 15) is 9.59 Å². The molecule has 0 spiro atoms. The second kappa shape index (κ2) is 7.69. The van der Waals surface area contributed by atoms with Crippen molar-refractivity contribution in [1.82, 2.24) is 19.3 Å². The Bertz CT molecular complexity index is 1300. The molecule has 146 valence electrons. The van der Waals surface area contributed by atoms with Crippen molar-refractivity contribution in [2.45, 2.75) is 13.5 Å². The quantitative estimate of drug-likeness (QED) is 0.536. The summed E-state index contributed by atoms with van der Waals surface area (Å²) in [6.45, 7) is 1.73. The van der Waals surface area contributed by atoms with Crippen molar-refractivity contribution in [2.75, 3.05) is 5.32 Å². The van der Waals surface area contributed by atoms with Crippen LogP contribution in [-0.4, -0.2) is 25.2 Å². The van der Waals surface area contributed by atoms with Gasteiger partial charge in [0.15, 0.2) is 5.65 Å². The minimum absolute atomic E-state index is 0.185. The van der Waals surface area contributed by atoms with Crippen LogP contribution in [0.15, 0.2) is 59.8 Å². The number of halogens is 2. The molecule has 0 atom stereocenters. The molecule has 4 rings (SSSR count). The lowest BCUT2D eigenvalue weighted by Gasteiger charge is -2.09. The molecule has 2 aromatic heterocycles. The number of nitrogens with one attached hydrogen (secondary N) is 1. The first-order valence-corrected chi connectivity index (χ1v) is 9.43. The summed E-state index contributed by atoms with van der Waals surface area (Å²) in [5, 5.41) is 8.37. The monoisotopic (exact) mass is 427 g/mol. The summed E-state index contributed by atoms with van der Waals surface area (Å²) >= 11 is 12.0. The number of aryl methyl sites for hydroxylation is 1. The van der Waals surface area contributed by atoms with E-state index in [1.807, 2.05) is 13.0 Å². The third-order valence-electron chi connectivity index (χ3n) is 4.38. The predicted molar refractivity (Wildman–Crippen MR) is 113 cm³/mol. The number of hydrogen-bond acceptors (Lipinski definition) is 4. The number of nitrogens with zero attached hydrogens (tertiary/aromatic N) is 4. The molecule has 0 saturated carbocycles. The van der Waals surface area contributed by atoms with Crippen molar-refractivity contribution < 1.29 is 4.79 Å². The van der Waals surface area contributed by atoms with Crippen molar-refractivity contribution in [3.05, 3.63) is 81.0 Å². The van der Waals surface area contributed by atoms with Gasteiger partial charge in [-0.15, -0.1) is 0 Å². The Morgan fingerprint density at radius 1 is 1.14 bits per heavy atom. The zero-order valence-corrected chi connectivity index (χ0v) is 16.8. The first kappa shape index (κ1) is 19.2. The van der Waals surface area contributed by atoms with E-state index in [-0.39, 0.29) is 18.0 Å².